The maximum absolute atomic E-state index is 13.9. The van der Waals surface area contributed by atoms with Crippen LogP contribution in [0.4, 0.5) is 4.39 Å². The Kier molecular flexibility index (Phi) is 4.35. The predicted molar refractivity (Wildman–Crippen MR) is 82.8 cm³/mol. The molecule has 21 heavy (non-hydrogen) atoms. The fourth-order valence-electron chi connectivity index (χ4n) is 2.60. The van der Waals surface area contributed by atoms with Crippen LogP contribution in [0, 0.1) is 5.82 Å². The monoisotopic (exact) mass is 350 g/mol. The first kappa shape index (κ1) is 14.7. The maximum atomic E-state index is 13.9. The lowest BCUT2D eigenvalue weighted by Crippen LogP contribution is -2.30. The van der Waals surface area contributed by atoms with E-state index < -0.39 is 0 Å². The molecule has 5 heteroatoms. The predicted octanol–water partition coefficient (Wildman–Crippen LogP) is 3.37. The number of halogens is 2. The number of nitrogens with one attached hydrogen (secondary N) is 1. The Labute approximate surface area is 131 Å². The van der Waals surface area contributed by atoms with Crippen LogP contribution in [0.1, 0.15) is 28.3 Å². The van der Waals surface area contributed by atoms with Crippen molar-refractivity contribution in [3.63, 3.8) is 0 Å². The molecule has 0 spiro atoms. The third-order valence-electron chi connectivity index (χ3n) is 3.78. The number of benzene rings is 2. The van der Waals surface area contributed by atoms with Crippen molar-refractivity contribution < 1.29 is 9.13 Å². The van der Waals surface area contributed by atoms with Crippen LogP contribution in [-0.2, 0) is 24.4 Å². The van der Waals surface area contributed by atoms with Gasteiger partial charge in [-0.15, -0.1) is 0 Å². The first-order valence-corrected chi connectivity index (χ1v) is 7.56. The van der Waals surface area contributed by atoms with E-state index in [1.165, 1.54) is 17.2 Å². The molecule has 1 heterocycles. The lowest BCUT2D eigenvalue weighted by atomic mass is 9.96. The summed E-state index contributed by atoms with van der Waals surface area (Å²) in [4.78, 5) is 0. The summed E-state index contributed by atoms with van der Waals surface area (Å²) in [5.41, 5.74) is 6.85. The summed E-state index contributed by atoms with van der Waals surface area (Å²) in [5.74, 6) is 5.45. The minimum absolute atomic E-state index is 0.139. The molecule has 0 aliphatic carbocycles. The molecule has 0 saturated carbocycles. The van der Waals surface area contributed by atoms with E-state index in [0.717, 1.165) is 10.0 Å². The van der Waals surface area contributed by atoms with E-state index in [1.54, 1.807) is 12.1 Å². The average Bonchev–Trinajstić information content (AvgIpc) is 2.95. The highest BCUT2D eigenvalue weighted by Gasteiger charge is 2.17. The fraction of sp³-hybridized carbons (Fsp3) is 0.250. The molecule has 2 aromatic carbocycles. The van der Waals surface area contributed by atoms with Crippen LogP contribution in [0.5, 0.6) is 0 Å². The lowest BCUT2D eigenvalue weighted by Gasteiger charge is -2.18. The van der Waals surface area contributed by atoms with Crippen molar-refractivity contribution in [2.24, 2.45) is 5.84 Å². The van der Waals surface area contributed by atoms with Crippen molar-refractivity contribution in [2.75, 3.05) is 0 Å². The summed E-state index contributed by atoms with van der Waals surface area (Å²) in [7, 11) is 0. The van der Waals surface area contributed by atoms with Gasteiger partial charge in [-0.25, -0.2) is 4.39 Å². The van der Waals surface area contributed by atoms with E-state index in [0.29, 0.717) is 25.2 Å². The first-order chi connectivity index (χ1) is 10.2. The first-order valence-electron chi connectivity index (χ1n) is 6.77. The molecule has 110 valence electrons. The Morgan fingerprint density at radius 3 is 2.81 bits per heavy atom. The van der Waals surface area contributed by atoms with Crippen LogP contribution in [0.25, 0.3) is 0 Å². The molecular weight excluding hydrogens is 335 g/mol. The number of rotatable bonds is 4. The van der Waals surface area contributed by atoms with Crippen LogP contribution in [0.3, 0.4) is 0 Å². The topological polar surface area (TPSA) is 47.3 Å². The van der Waals surface area contributed by atoms with Crippen molar-refractivity contribution in [3.05, 3.63) is 68.9 Å². The third kappa shape index (κ3) is 3.16. The molecule has 1 aliphatic heterocycles. The van der Waals surface area contributed by atoms with Gasteiger partial charge in [0, 0.05) is 4.47 Å². The molecular formula is C16H16BrFN2O. The molecule has 1 unspecified atom stereocenters. The zero-order chi connectivity index (χ0) is 14.8. The zero-order valence-corrected chi connectivity index (χ0v) is 13.0. The Morgan fingerprint density at radius 1 is 1.19 bits per heavy atom. The second-order valence-corrected chi connectivity index (χ2v) is 6.10. The summed E-state index contributed by atoms with van der Waals surface area (Å²) in [5, 5.41) is 0. The number of hydrogen-bond acceptors (Lipinski definition) is 3. The number of ether oxygens (including phenoxy) is 1. The van der Waals surface area contributed by atoms with Gasteiger partial charge in [0.05, 0.1) is 19.3 Å². The summed E-state index contributed by atoms with van der Waals surface area (Å²) < 4.78 is 20.2. The van der Waals surface area contributed by atoms with E-state index >= 15 is 0 Å². The van der Waals surface area contributed by atoms with Crippen molar-refractivity contribution >= 4 is 15.9 Å². The van der Waals surface area contributed by atoms with Crippen LogP contribution in [0.15, 0.2) is 40.9 Å². The van der Waals surface area contributed by atoms with Crippen LogP contribution >= 0.6 is 15.9 Å². The molecule has 1 aliphatic rings. The normalized spacial score (nSPS) is 15.0. The minimum Gasteiger partial charge on any atom is -0.372 e. The maximum Gasteiger partial charge on any atom is 0.126 e. The molecule has 0 amide bonds. The fourth-order valence-corrected chi connectivity index (χ4v) is 3.01. The minimum atomic E-state index is -0.219. The van der Waals surface area contributed by atoms with E-state index in [9.17, 15) is 4.39 Å². The quantitative estimate of drug-likeness (QED) is 0.656. The van der Waals surface area contributed by atoms with E-state index in [1.807, 2.05) is 6.07 Å². The molecule has 1 atom stereocenters. The van der Waals surface area contributed by atoms with Crippen molar-refractivity contribution in [2.45, 2.75) is 25.7 Å². The van der Waals surface area contributed by atoms with Gasteiger partial charge in [0.2, 0.25) is 0 Å². The van der Waals surface area contributed by atoms with Gasteiger partial charge < -0.3 is 4.74 Å². The van der Waals surface area contributed by atoms with Gasteiger partial charge in [-0.3, -0.25) is 11.3 Å². The zero-order valence-electron chi connectivity index (χ0n) is 11.4. The third-order valence-corrected chi connectivity index (χ3v) is 4.27. The van der Waals surface area contributed by atoms with Crippen LogP contribution in [-0.4, -0.2) is 0 Å². The average molecular weight is 351 g/mol. The standard InChI is InChI=1S/C16H16BrFN2O/c17-14-3-4-15(18)12(6-14)7-16(20-19)10-1-2-11-8-21-9-13(11)5-10/h1-6,16,20H,7-9,19H2. The van der Waals surface area contributed by atoms with E-state index in [4.69, 9.17) is 10.6 Å². The summed E-state index contributed by atoms with van der Waals surface area (Å²) in [6.07, 6.45) is 0.488. The smallest absolute Gasteiger partial charge is 0.126 e. The number of fused-ring (bicyclic) bond motifs is 1. The Balaban J connectivity index is 1.86. The largest absolute Gasteiger partial charge is 0.372 e. The van der Waals surface area contributed by atoms with E-state index in [-0.39, 0.29) is 11.9 Å². The molecule has 0 saturated heterocycles. The van der Waals surface area contributed by atoms with Gasteiger partial charge in [-0.1, -0.05) is 34.1 Å². The highest BCUT2D eigenvalue weighted by molar-refractivity contribution is 9.10. The second kappa shape index (κ2) is 6.23. The molecule has 3 nitrogen and oxygen atoms in total. The summed E-state index contributed by atoms with van der Waals surface area (Å²) >= 11 is 3.37. The molecule has 2 aromatic rings. The van der Waals surface area contributed by atoms with Crippen LogP contribution in [0.2, 0.25) is 0 Å². The summed E-state index contributed by atoms with van der Waals surface area (Å²) in [6.45, 7) is 1.29. The van der Waals surface area contributed by atoms with Crippen molar-refractivity contribution in [1.29, 1.82) is 0 Å². The van der Waals surface area contributed by atoms with Gasteiger partial charge in [0.25, 0.3) is 0 Å². The molecule has 0 aromatic heterocycles. The summed E-state index contributed by atoms with van der Waals surface area (Å²) in [6, 6.07) is 11.0. The SMILES string of the molecule is NNC(Cc1cc(Br)ccc1F)c1ccc2c(c1)COC2. The number of hydrazine groups is 1. The molecule has 3 rings (SSSR count). The highest BCUT2D eigenvalue weighted by Crippen LogP contribution is 2.27. The Bertz CT molecular complexity index is 663. The molecule has 3 N–H and O–H groups in total. The molecule has 0 fully saturated rings. The van der Waals surface area contributed by atoms with Crippen molar-refractivity contribution in [3.8, 4) is 0 Å². The Morgan fingerprint density at radius 2 is 2.00 bits per heavy atom. The highest BCUT2D eigenvalue weighted by atomic mass is 79.9. The van der Waals surface area contributed by atoms with Crippen molar-refractivity contribution in [1.82, 2.24) is 5.43 Å². The van der Waals surface area contributed by atoms with Gasteiger partial charge in [-0.05, 0) is 46.9 Å². The number of nitrogens with two attached hydrogens (primary N) is 1. The van der Waals surface area contributed by atoms with E-state index in [2.05, 4.69) is 33.5 Å². The van der Waals surface area contributed by atoms with Crippen LogP contribution < -0.4 is 11.3 Å². The molecule has 0 radical (unpaired) electrons. The Hall–Kier alpha value is -1.27. The lowest BCUT2D eigenvalue weighted by molar-refractivity contribution is 0.134. The molecule has 0 bridgehead atoms. The number of hydrogen-bond donors (Lipinski definition) is 2. The second-order valence-electron chi connectivity index (χ2n) is 5.18. The van der Waals surface area contributed by atoms with Gasteiger partial charge >= 0.3 is 0 Å². The van der Waals surface area contributed by atoms with Gasteiger partial charge in [-0.2, -0.15) is 0 Å². The van der Waals surface area contributed by atoms with Gasteiger partial charge in [0.15, 0.2) is 0 Å². The van der Waals surface area contributed by atoms with Gasteiger partial charge in [0.1, 0.15) is 5.82 Å².